The molecule has 0 bridgehead atoms. The number of aliphatic imine (C=N–C) groups is 1. The molecule has 8 heteroatoms. The second-order valence-corrected chi connectivity index (χ2v) is 6.64. The molecule has 0 aliphatic carbocycles. The van der Waals surface area contributed by atoms with Crippen LogP contribution < -0.4 is 10.1 Å². The maximum Gasteiger partial charge on any atom is 0.203 e. The molecular weight excluding hydrogens is 373 g/mol. The Morgan fingerprint density at radius 1 is 1.22 bits per heavy atom. The Morgan fingerprint density at radius 3 is 2.70 bits per heavy atom. The molecule has 0 fully saturated rings. The van der Waals surface area contributed by atoms with E-state index < -0.39 is 0 Å². The van der Waals surface area contributed by atoms with Gasteiger partial charge in [-0.05, 0) is 49.7 Å². The molecule has 0 spiro atoms. The van der Waals surface area contributed by atoms with Gasteiger partial charge in [-0.1, -0.05) is 23.7 Å². The van der Waals surface area contributed by atoms with Gasteiger partial charge in [-0.3, -0.25) is 0 Å². The van der Waals surface area contributed by atoms with Gasteiger partial charge < -0.3 is 15.0 Å². The SMILES string of the molecule is CC(C)Oc1ccc(NC2=NCOOCN2Cc2ccc(F)cc2)cc1Cl. The third kappa shape index (κ3) is 5.56. The van der Waals surface area contributed by atoms with Gasteiger partial charge in [0.25, 0.3) is 0 Å². The lowest BCUT2D eigenvalue weighted by molar-refractivity contribution is -0.304. The molecule has 3 rings (SSSR count). The maximum absolute atomic E-state index is 13.1. The van der Waals surface area contributed by atoms with Crippen molar-refractivity contribution in [3.8, 4) is 5.75 Å². The number of benzene rings is 2. The lowest BCUT2D eigenvalue weighted by Gasteiger charge is -2.24. The molecule has 0 saturated heterocycles. The van der Waals surface area contributed by atoms with Gasteiger partial charge in [-0.25, -0.2) is 19.2 Å². The number of rotatable bonds is 5. The number of halogens is 2. The second-order valence-electron chi connectivity index (χ2n) is 6.24. The highest BCUT2D eigenvalue weighted by molar-refractivity contribution is 6.32. The minimum absolute atomic E-state index is 0.0352. The molecule has 0 aromatic heterocycles. The molecule has 1 aliphatic heterocycles. The predicted octanol–water partition coefficient (Wildman–Crippen LogP) is 4.41. The standard InChI is InChI=1S/C19H21ClFN3O3/c1-13(2)27-18-8-7-16(9-17(18)20)23-19-22-11-25-26-12-24(19)10-14-3-5-15(21)6-4-14/h3-9,13H,10-12H2,1-2H3,(H,22,23). The largest absolute Gasteiger partial charge is 0.489 e. The molecule has 27 heavy (non-hydrogen) atoms. The molecule has 1 aliphatic rings. The van der Waals surface area contributed by atoms with E-state index >= 15 is 0 Å². The number of guanidine groups is 1. The predicted molar refractivity (Wildman–Crippen MR) is 102 cm³/mol. The molecule has 2 aromatic rings. The highest BCUT2D eigenvalue weighted by Crippen LogP contribution is 2.28. The molecule has 6 nitrogen and oxygen atoms in total. The Hall–Kier alpha value is -2.35. The summed E-state index contributed by atoms with van der Waals surface area (Å²) < 4.78 is 18.8. The van der Waals surface area contributed by atoms with E-state index in [0.29, 0.717) is 23.3 Å². The molecule has 1 heterocycles. The van der Waals surface area contributed by atoms with E-state index in [1.807, 2.05) is 24.8 Å². The molecule has 0 unspecified atom stereocenters. The van der Waals surface area contributed by atoms with Crippen molar-refractivity contribution in [3.05, 3.63) is 58.9 Å². The van der Waals surface area contributed by atoms with Crippen LogP contribution in [0.4, 0.5) is 10.1 Å². The maximum atomic E-state index is 13.1. The van der Waals surface area contributed by atoms with Gasteiger partial charge in [0.05, 0.1) is 11.1 Å². The summed E-state index contributed by atoms with van der Waals surface area (Å²) in [4.78, 5) is 16.3. The summed E-state index contributed by atoms with van der Waals surface area (Å²) >= 11 is 6.30. The van der Waals surface area contributed by atoms with Crippen molar-refractivity contribution in [3.63, 3.8) is 0 Å². The molecule has 1 N–H and O–H groups in total. The van der Waals surface area contributed by atoms with Crippen molar-refractivity contribution in [2.24, 2.45) is 4.99 Å². The zero-order chi connectivity index (χ0) is 19.2. The normalized spacial score (nSPS) is 14.7. The molecule has 2 aromatic carbocycles. The number of hydrogen-bond donors (Lipinski definition) is 1. The molecule has 144 valence electrons. The summed E-state index contributed by atoms with van der Waals surface area (Å²) in [5.74, 6) is 0.903. The first-order valence-corrected chi connectivity index (χ1v) is 8.90. The first-order valence-electron chi connectivity index (χ1n) is 8.53. The Labute approximate surface area is 162 Å². The third-order valence-electron chi connectivity index (χ3n) is 3.70. The topological polar surface area (TPSA) is 55.3 Å². The fraction of sp³-hybridized carbons (Fsp3) is 0.316. The average Bonchev–Trinajstić information content (AvgIpc) is 2.84. The minimum atomic E-state index is -0.278. The summed E-state index contributed by atoms with van der Waals surface area (Å²) in [6, 6.07) is 11.7. The summed E-state index contributed by atoms with van der Waals surface area (Å²) in [6.07, 6.45) is 0.0352. The molecule has 0 amide bonds. The fourth-order valence-electron chi connectivity index (χ4n) is 2.49. The summed E-state index contributed by atoms with van der Waals surface area (Å²) in [5.41, 5.74) is 1.66. The zero-order valence-electron chi connectivity index (χ0n) is 15.1. The number of nitrogens with one attached hydrogen (secondary N) is 1. The molecule has 0 saturated carbocycles. The number of ether oxygens (including phenoxy) is 1. The molecule has 0 radical (unpaired) electrons. The van der Waals surface area contributed by atoms with Crippen LogP contribution in [0.15, 0.2) is 47.5 Å². The van der Waals surface area contributed by atoms with Crippen molar-refractivity contribution >= 4 is 23.2 Å². The lowest BCUT2D eigenvalue weighted by Crippen LogP contribution is -2.36. The van der Waals surface area contributed by atoms with Gasteiger partial charge in [0.2, 0.25) is 5.96 Å². The molecule has 0 atom stereocenters. The highest BCUT2D eigenvalue weighted by Gasteiger charge is 2.17. The van der Waals surface area contributed by atoms with Crippen molar-refractivity contribution in [2.45, 2.75) is 26.5 Å². The van der Waals surface area contributed by atoms with Gasteiger partial charge in [-0.2, -0.15) is 0 Å². The van der Waals surface area contributed by atoms with Gasteiger partial charge in [0, 0.05) is 12.2 Å². The smallest absolute Gasteiger partial charge is 0.203 e. The summed E-state index contributed by atoms with van der Waals surface area (Å²) in [7, 11) is 0. The summed E-state index contributed by atoms with van der Waals surface area (Å²) in [5, 5.41) is 3.73. The number of anilines is 1. The minimum Gasteiger partial charge on any atom is -0.489 e. The third-order valence-corrected chi connectivity index (χ3v) is 3.99. The number of hydrogen-bond acceptors (Lipinski definition) is 6. The van der Waals surface area contributed by atoms with Crippen molar-refractivity contribution in [1.82, 2.24) is 4.90 Å². The molecular formula is C19H21ClFN3O3. The van der Waals surface area contributed by atoms with Crippen LogP contribution in [0.3, 0.4) is 0 Å². The fourth-order valence-corrected chi connectivity index (χ4v) is 2.72. The Kier molecular flexibility index (Phi) is 6.49. The van der Waals surface area contributed by atoms with Gasteiger partial charge in [0.15, 0.2) is 13.5 Å². The van der Waals surface area contributed by atoms with Crippen LogP contribution in [0.5, 0.6) is 5.75 Å². The average molecular weight is 394 g/mol. The van der Waals surface area contributed by atoms with E-state index in [2.05, 4.69) is 10.3 Å². The van der Waals surface area contributed by atoms with Crippen LogP contribution >= 0.6 is 11.6 Å². The second kappa shape index (κ2) is 9.03. The van der Waals surface area contributed by atoms with Crippen LogP contribution in [-0.2, 0) is 16.3 Å². The van der Waals surface area contributed by atoms with Crippen molar-refractivity contribution in [2.75, 3.05) is 18.8 Å². The van der Waals surface area contributed by atoms with E-state index in [4.69, 9.17) is 26.1 Å². The van der Waals surface area contributed by atoms with Crippen LogP contribution in [-0.4, -0.2) is 30.4 Å². The van der Waals surface area contributed by atoms with Crippen molar-refractivity contribution in [1.29, 1.82) is 0 Å². The van der Waals surface area contributed by atoms with Gasteiger partial charge >= 0.3 is 0 Å². The Bertz CT molecular complexity index is 799. The Balaban J connectivity index is 1.74. The van der Waals surface area contributed by atoms with E-state index in [0.717, 1.165) is 11.3 Å². The van der Waals surface area contributed by atoms with E-state index in [9.17, 15) is 4.39 Å². The quantitative estimate of drug-likeness (QED) is 0.762. The lowest BCUT2D eigenvalue weighted by atomic mass is 10.2. The van der Waals surface area contributed by atoms with Crippen LogP contribution in [0, 0.1) is 5.82 Å². The van der Waals surface area contributed by atoms with E-state index in [-0.39, 0.29) is 25.4 Å². The van der Waals surface area contributed by atoms with Gasteiger partial charge in [-0.15, -0.1) is 0 Å². The summed E-state index contributed by atoms with van der Waals surface area (Å²) in [6.45, 7) is 4.58. The van der Waals surface area contributed by atoms with Crippen LogP contribution in [0.25, 0.3) is 0 Å². The van der Waals surface area contributed by atoms with Crippen molar-refractivity contribution < 1.29 is 18.9 Å². The highest BCUT2D eigenvalue weighted by atomic mass is 35.5. The van der Waals surface area contributed by atoms with E-state index in [1.54, 1.807) is 24.3 Å². The Morgan fingerprint density at radius 2 is 2.00 bits per heavy atom. The van der Waals surface area contributed by atoms with E-state index in [1.165, 1.54) is 12.1 Å². The number of nitrogens with zero attached hydrogens (tertiary/aromatic N) is 2. The zero-order valence-corrected chi connectivity index (χ0v) is 15.9. The van der Waals surface area contributed by atoms with Gasteiger partial charge in [0.1, 0.15) is 11.6 Å². The monoisotopic (exact) mass is 393 g/mol. The van der Waals surface area contributed by atoms with Crippen LogP contribution in [0.2, 0.25) is 5.02 Å². The van der Waals surface area contributed by atoms with Crippen LogP contribution in [0.1, 0.15) is 19.4 Å². The first-order chi connectivity index (χ1) is 13.0. The first kappa shape index (κ1) is 19.4.